The number of fused-ring (bicyclic) bond motifs is 3. The molecule has 0 N–H and O–H groups in total. The number of benzene rings is 2. The normalized spacial score (nSPS) is 15.0. The van der Waals surface area contributed by atoms with Gasteiger partial charge in [-0.15, -0.1) is 0 Å². The van der Waals surface area contributed by atoms with Crippen molar-refractivity contribution in [2.45, 2.75) is 19.3 Å². The number of ether oxygens (including phenoxy) is 1. The van der Waals surface area contributed by atoms with E-state index in [-0.39, 0.29) is 12.8 Å². The Kier molecular flexibility index (Phi) is 3.33. The predicted octanol–water partition coefficient (Wildman–Crippen LogP) is 3.11. The summed E-state index contributed by atoms with van der Waals surface area (Å²) in [7, 11) is 0. The van der Waals surface area contributed by atoms with Crippen LogP contribution in [0.4, 0.5) is 0 Å². The van der Waals surface area contributed by atoms with Gasteiger partial charge in [0.25, 0.3) is 0 Å². The fraction of sp³-hybridized carbons (Fsp3) is 0.176. The van der Waals surface area contributed by atoms with Gasteiger partial charge in [0.15, 0.2) is 0 Å². The van der Waals surface area contributed by atoms with Crippen LogP contribution in [0, 0.1) is 0 Å². The van der Waals surface area contributed by atoms with Crippen molar-refractivity contribution in [1.82, 2.24) is 0 Å². The molecule has 0 unspecified atom stereocenters. The van der Waals surface area contributed by atoms with Crippen LogP contribution in [0.25, 0.3) is 11.1 Å². The van der Waals surface area contributed by atoms with Crippen LogP contribution in [0.1, 0.15) is 24.0 Å². The Morgan fingerprint density at radius 3 is 1.55 bits per heavy atom. The molecule has 0 saturated carbocycles. The number of hydrogen-bond acceptors (Lipinski definition) is 3. The van der Waals surface area contributed by atoms with Crippen LogP contribution in [0.2, 0.25) is 0 Å². The number of esters is 2. The molecule has 0 radical (unpaired) electrons. The second-order valence-corrected chi connectivity index (χ2v) is 4.84. The van der Waals surface area contributed by atoms with E-state index < -0.39 is 11.9 Å². The molecule has 2 aliphatic rings. The minimum Gasteiger partial charge on any atom is -0.393 e. The van der Waals surface area contributed by atoms with Gasteiger partial charge in [0, 0.05) is 0 Å². The largest absolute Gasteiger partial charge is 0.393 e. The first-order valence-electron chi connectivity index (χ1n) is 6.64. The predicted molar refractivity (Wildman–Crippen MR) is 75.0 cm³/mol. The van der Waals surface area contributed by atoms with Gasteiger partial charge in [-0.25, -0.2) is 0 Å². The second kappa shape index (κ2) is 5.29. The van der Waals surface area contributed by atoms with Crippen molar-refractivity contribution in [1.29, 1.82) is 0 Å². The van der Waals surface area contributed by atoms with E-state index in [4.69, 9.17) is 0 Å². The number of rotatable bonds is 0. The molecular formula is C17H14O3. The molecule has 2 aromatic carbocycles. The van der Waals surface area contributed by atoms with E-state index in [1.54, 1.807) is 0 Å². The molecule has 3 heteroatoms. The van der Waals surface area contributed by atoms with Crippen molar-refractivity contribution in [3.8, 4) is 11.1 Å². The van der Waals surface area contributed by atoms with Crippen LogP contribution >= 0.6 is 0 Å². The molecule has 3 nitrogen and oxygen atoms in total. The minimum absolute atomic E-state index is 0.263. The zero-order valence-electron chi connectivity index (χ0n) is 11.0. The van der Waals surface area contributed by atoms with Crippen molar-refractivity contribution in [3.05, 3.63) is 59.7 Å². The zero-order chi connectivity index (χ0) is 13.9. The summed E-state index contributed by atoms with van der Waals surface area (Å²) in [5, 5.41) is 0. The highest BCUT2D eigenvalue weighted by Gasteiger charge is 2.19. The lowest BCUT2D eigenvalue weighted by molar-refractivity contribution is -0.151. The van der Waals surface area contributed by atoms with Crippen LogP contribution in [0.15, 0.2) is 48.5 Å². The lowest BCUT2D eigenvalue weighted by Crippen LogP contribution is -1.94. The first-order chi connectivity index (χ1) is 9.74. The van der Waals surface area contributed by atoms with Crippen molar-refractivity contribution >= 4 is 11.9 Å². The number of carbonyl (C=O) groups is 2. The Morgan fingerprint density at radius 2 is 1.15 bits per heavy atom. The summed E-state index contributed by atoms with van der Waals surface area (Å²) in [6, 6.07) is 17.3. The Hall–Kier alpha value is -2.42. The molecule has 20 heavy (non-hydrogen) atoms. The maximum Gasteiger partial charge on any atom is 0.314 e. The Bertz CT molecular complexity index is 616. The summed E-state index contributed by atoms with van der Waals surface area (Å²) < 4.78 is 4.08. The molecule has 1 fully saturated rings. The van der Waals surface area contributed by atoms with Gasteiger partial charge >= 0.3 is 11.9 Å². The summed E-state index contributed by atoms with van der Waals surface area (Å²) in [4.78, 5) is 20.0. The summed E-state index contributed by atoms with van der Waals surface area (Å²) >= 11 is 0. The Labute approximate surface area is 117 Å². The zero-order valence-corrected chi connectivity index (χ0v) is 11.0. The smallest absolute Gasteiger partial charge is 0.314 e. The highest BCUT2D eigenvalue weighted by molar-refractivity contribution is 5.92. The average Bonchev–Trinajstić information content (AvgIpc) is 3.02. The van der Waals surface area contributed by atoms with E-state index in [0.717, 1.165) is 6.42 Å². The third kappa shape index (κ3) is 2.48. The van der Waals surface area contributed by atoms with Gasteiger partial charge in [-0.05, 0) is 28.7 Å². The molecule has 1 saturated heterocycles. The van der Waals surface area contributed by atoms with E-state index in [1.807, 2.05) is 0 Å². The third-order valence-electron chi connectivity index (χ3n) is 3.47. The molecule has 1 aliphatic carbocycles. The van der Waals surface area contributed by atoms with Crippen LogP contribution in [-0.4, -0.2) is 11.9 Å². The first-order valence-corrected chi connectivity index (χ1v) is 6.64. The van der Waals surface area contributed by atoms with Gasteiger partial charge in [-0.3, -0.25) is 9.59 Å². The van der Waals surface area contributed by atoms with E-state index in [0.29, 0.717) is 0 Å². The van der Waals surface area contributed by atoms with E-state index in [1.165, 1.54) is 22.3 Å². The summed E-state index contributed by atoms with van der Waals surface area (Å²) in [5.41, 5.74) is 5.75. The van der Waals surface area contributed by atoms with Crippen molar-refractivity contribution < 1.29 is 14.3 Å². The Balaban J connectivity index is 0.000000147. The lowest BCUT2D eigenvalue weighted by atomic mass is 10.1. The Morgan fingerprint density at radius 1 is 0.700 bits per heavy atom. The molecule has 1 aliphatic heterocycles. The molecule has 0 aromatic heterocycles. The molecule has 0 spiro atoms. The monoisotopic (exact) mass is 266 g/mol. The quantitative estimate of drug-likeness (QED) is 0.464. The number of hydrogen-bond donors (Lipinski definition) is 0. The number of cyclic esters (lactones) is 2. The van der Waals surface area contributed by atoms with Gasteiger partial charge < -0.3 is 4.74 Å². The van der Waals surface area contributed by atoms with Crippen molar-refractivity contribution in [2.24, 2.45) is 0 Å². The maximum absolute atomic E-state index is 10.0. The van der Waals surface area contributed by atoms with Crippen molar-refractivity contribution in [3.63, 3.8) is 0 Å². The second-order valence-electron chi connectivity index (χ2n) is 4.84. The van der Waals surface area contributed by atoms with Gasteiger partial charge in [0.2, 0.25) is 0 Å². The van der Waals surface area contributed by atoms with Gasteiger partial charge in [-0.2, -0.15) is 0 Å². The van der Waals surface area contributed by atoms with E-state index in [2.05, 4.69) is 53.3 Å². The van der Waals surface area contributed by atoms with Crippen molar-refractivity contribution in [2.75, 3.05) is 0 Å². The van der Waals surface area contributed by atoms with Crippen LogP contribution < -0.4 is 0 Å². The molecule has 0 atom stereocenters. The van der Waals surface area contributed by atoms with Crippen LogP contribution in [0.3, 0.4) is 0 Å². The highest BCUT2D eigenvalue weighted by Crippen LogP contribution is 2.35. The van der Waals surface area contributed by atoms with Crippen LogP contribution in [-0.2, 0) is 20.7 Å². The highest BCUT2D eigenvalue weighted by atomic mass is 16.6. The molecule has 4 rings (SSSR count). The molecular weight excluding hydrogens is 252 g/mol. The summed E-state index contributed by atoms with van der Waals surface area (Å²) in [6.45, 7) is 0. The lowest BCUT2D eigenvalue weighted by Gasteiger charge is -1.98. The SMILES string of the molecule is O=C1CCC(=O)O1.c1ccc2c(c1)Cc1ccccc1-2. The van der Waals surface area contributed by atoms with E-state index in [9.17, 15) is 9.59 Å². The van der Waals surface area contributed by atoms with Gasteiger partial charge in [-0.1, -0.05) is 48.5 Å². The maximum atomic E-state index is 10.0. The molecule has 100 valence electrons. The van der Waals surface area contributed by atoms with Gasteiger partial charge in [0.05, 0.1) is 12.8 Å². The van der Waals surface area contributed by atoms with E-state index >= 15 is 0 Å². The molecule has 0 amide bonds. The molecule has 2 aromatic rings. The minimum atomic E-state index is -0.398. The topological polar surface area (TPSA) is 43.4 Å². The molecule has 0 bridgehead atoms. The fourth-order valence-electron chi connectivity index (χ4n) is 2.51. The summed E-state index contributed by atoms with van der Waals surface area (Å²) in [5.74, 6) is -0.796. The third-order valence-corrected chi connectivity index (χ3v) is 3.47. The van der Waals surface area contributed by atoms with Gasteiger partial charge in [0.1, 0.15) is 0 Å². The number of carbonyl (C=O) groups excluding carboxylic acids is 2. The van der Waals surface area contributed by atoms with Crippen LogP contribution in [0.5, 0.6) is 0 Å². The first kappa shape index (κ1) is 12.6. The standard InChI is InChI=1S/C13H10.C4H4O3/c1-3-7-12-10(5-1)9-11-6-2-4-8-13(11)12;5-3-1-2-4(6)7-3/h1-8H,9H2;1-2H2. The summed E-state index contributed by atoms with van der Waals surface area (Å²) in [6.07, 6.45) is 1.63. The average molecular weight is 266 g/mol. The fourth-order valence-corrected chi connectivity index (χ4v) is 2.51. The molecule has 1 heterocycles.